The van der Waals surface area contributed by atoms with Crippen molar-refractivity contribution in [2.45, 2.75) is 25.3 Å². The number of ether oxygens (including phenoxy) is 1. The number of fused-ring (bicyclic) bond motifs is 3. The largest absolute Gasteiger partial charge is 0.480 e. The first-order chi connectivity index (χ1) is 15.8. The number of nitrogens with one attached hydrogen (secondary N) is 1. The average Bonchev–Trinajstić information content (AvgIpc) is 3.12. The lowest BCUT2D eigenvalue weighted by molar-refractivity contribution is -0.384. The fourth-order valence-corrected chi connectivity index (χ4v) is 4.26. The Morgan fingerprint density at radius 3 is 2.45 bits per heavy atom. The summed E-state index contributed by atoms with van der Waals surface area (Å²) < 4.78 is 5.45. The third-order valence-electron chi connectivity index (χ3n) is 5.84. The van der Waals surface area contributed by atoms with Crippen molar-refractivity contribution in [2.24, 2.45) is 0 Å². The Balaban J connectivity index is 1.43. The van der Waals surface area contributed by atoms with E-state index in [1.165, 1.54) is 24.3 Å². The minimum absolute atomic E-state index is 0.0310. The van der Waals surface area contributed by atoms with Gasteiger partial charge in [-0.05, 0) is 40.3 Å². The van der Waals surface area contributed by atoms with Crippen LogP contribution in [-0.2, 0) is 16.0 Å². The number of non-ortho nitro benzene ring substituents is 1. The van der Waals surface area contributed by atoms with E-state index in [2.05, 4.69) is 5.32 Å². The molecule has 0 aromatic heterocycles. The van der Waals surface area contributed by atoms with Crippen LogP contribution in [0.1, 0.15) is 28.2 Å². The molecule has 0 radical (unpaired) electrons. The Labute approximate surface area is 190 Å². The smallest absolute Gasteiger partial charge is 0.407 e. The maximum atomic E-state index is 12.5. The lowest BCUT2D eigenvalue weighted by atomic mass is 9.97. The van der Waals surface area contributed by atoms with E-state index in [9.17, 15) is 24.8 Å². The van der Waals surface area contributed by atoms with E-state index in [1.807, 2.05) is 49.4 Å². The molecule has 1 amide bonds. The molecule has 2 unspecified atom stereocenters. The number of aryl methyl sites for hydroxylation is 1. The van der Waals surface area contributed by atoms with Gasteiger partial charge in [0.25, 0.3) is 5.69 Å². The minimum atomic E-state index is -1.23. The van der Waals surface area contributed by atoms with Crippen molar-refractivity contribution in [3.63, 3.8) is 0 Å². The maximum Gasteiger partial charge on any atom is 0.407 e. The van der Waals surface area contributed by atoms with Gasteiger partial charge in [0.2, 0.25) is 0 Å². The van der Waals surface area contributed by atoms with Crippen LogP contribution in [0.4, 0.5) is 10.5 Å². The van der Waals surface area contributed by atoms with E-state index in [-0.39, 0.29) is 24.6 Å². The summed E-state index contributed by atoms with van der Waals surface area (Å²) in [7, 11) is 0. The topological polar surface area (TPSA) is 119 Å². The standard InChI is InChI=1S/C25H22N2O6/c1-15-5-4-8-20-21(18-6-2-3-7-19(18)23(15)20)14-33-25(30)26-22(24(28)29)13-16-9-11-17(12-10-16)27(31)32/h2-12,21-22H,13-14H2,1H3,(H,26,30)(H,28,29). The summed E-state index contributed by atoms with van der Waals surface area (Å²) in [4.78, 5) is 34.4. The van der Waals surface area contributed by atoms with Gasteiger partial charge in [-0.3, -0.25) is 10.1 Å². The maximum absolute atomic E-state index is 12.5. The van der Waals surface area contributed by atoms with E-state index >= 15 is 0 Å². The van der Waals surface area contributed by atoms with Gasteiger partial charge in [0.05, 0.1) is 4.92 Å². The van der Waals surface area contributed by atoms with Crippen LogP contribution >= 0.6 is 0 Å². The van der Waals surface area contributed by atoms with E-state index in [0.717, 1.165) is 27.8 Å². The number of nitro benzene ring substituents is 1. The first-order valence-electron chi connectivity index (χ1n) is 10.4. The van der Waals surface area contributed by atoms with Gasteiger partial charge in [-0.15, -0.1) is 0 Å². The zero-order valence-electron chi connectivity index (χ0n) is 17.9. The highest BCUT2D eigenvalue weighted by molar-refractivity contribution is 5.82. The second-order valence-corrected chi connectivity index (χ2v) is 7.94. The molecule has 2 atom stereocenters. The fraction of sp³-hybridized carbons (Fsp3) is 0.200. The van der Waals surface area contributed by atoms with E-state index < -0.39 is 23.0 Å². The predicted octanol–water partition coefficient (Wildman–Crippen LogP) is 4.44. The molecule has 1 aliphatic carbocycles. The number of amides is 1. The highest BCUT2D eigenvalue weighted by Gasteiger charge is 2.31. The molecule has 0 fully saturated rings. The molecule has 0 heterocycles. The Bertz CT molecular complexity index is 1220. The molecule has 8 heteroatoms. The number of carboxylic acid groups (broad SMARTS) is 1. The number of rotatable bonds is 7. The molecule has 0 aliphatic heterocycles. The molecular weight excluding hydrogens is 424 g/mol. The molecule has 1 aliphatic rings. The Morgan fingerprint density at radius 2 is 1.76 bits per heavy atom. The molecule has 0 spiro atoms. The quantitative estimate of drug-likeness (QED) is 0.409. The molecule has 0 saturated carbocycles. The van der Waals surface area contributed by atoms with Crippen molar-refractivity contribution < 1.29 is 24.4 Å². The van der Waals surface area contributed by atoms with Crippen LogP contribution < -0.4 is 5.32 Å². The number of carboxylic acids is 1. The number of alkyl carbamates (subject to hydrolysis) is 1. The van der Waals surface area contributed by atoms with Gasteiger partial charge < -0.3 is 15.2 Å². The van der Waals surface area contributed by atoms with Gasteiger partial charge in [-0.25, -0.2) is 9.59 Å². The molecule has 8 nitrogen and oxygen atoms in total. The van der Waals surface area contributed by atoms with Gasteiger partial charge in [-0.1, -0.05) is 54.6 Å². The van der Waals surface area contributed by atoms with Crippen LogP contribution in [0.3, 0.4) is 0 Å². The second kappa shape index (κ2) is 9.12. The van der Waals surface area contributed by atoms with Crippen LogP contribution in [-0.4, -0.2) is 34.7 Å². The highest BCUT2D eigenvalue weighted by atomic mass is 16.6. The van der Waals surface area contributed by atoms with E-state index in [4.69, 9.17) is 4.74 Å². The summed E-state index contributed by atoms with van der Waals surface area (Å²) in [5.74, 6) is -1.36. The second-order valence-electron chi connectivity index (χ2n) is 7.94. The zero-order valence-corrected chi connectivity index (χ0v) is 17.9. The third kappa shape index (κ3) is 4.55. The summed E-state index contributed by atoms with van der Waals surface area (Å²) in [5, 5.41) is 22.7. The Kier molecular flexibility index (Phi) is 6.08. The van der Waals surface area contributed by atoms with Crippen LogP contribution in [0.15, 0.2) is 66.7 Å². The SMILES string of the molecule is Cc1cccc2c1-c1ccccc1C2COC(=O)NC(Cc1ccc([N+](=O)[O-])cc1)C(=O)O. The highest BCUT2D eigenvalue weighted by Crippen LogP contribution is 2.46. The number of nitrogens with zero attached hydrogens (tertiary/aromatic N) is 1. The molecule has 4 rings (SSSR count). The van der Waals surface area contributed by atoms with Crippen molar-refractivity contribution in [1.29, 1.82) is 0 Å². The average molecular weight is 446 g/mol. The van der Waals surface area contributed by atoms with Gasteiger partial charge in [-0.2, -0.15) is 0 Å². The van der Waals surface area contributed by atoms with Crippen LogP contribution in [0.25, 0.3) is 11.1 Å². The number of carbonyl (C=O) groups excluding carboxylic acids is 1. The number of hydrogen-bond acceptors (Lipinski definition) is 5. The number of carbonyl (C=O) groups is 2. The van der Waals surface area contributed by atoms with Gasteiger partial charge >= 0.3 is 12.1 Å². The lowest BCUT2D eigenvalue weighted by Gasteiger charge is -2.17. The molecule has 168 valence electrons. The summed E-state index contributed by atoms with van der Waals surface area (Å²) >= 11 is 0. The number of hydrogen-bond donors (Lipinski definition) is 2. The van der Waals surface area contributed by atoms with Crippen molar-refractivity contribution >= 4 is 17.7 Å². The fourth-order valence-electron chi connectivity index (χ4n) is 4.26. The number of nitro groups is 1. The predicted molar refractivity (Wildman–Crippen MR) is 121 cm³/mol. The first-order valence-corrected chi connectivity index (χ1v) is 10.4. The van der Waals surface area contributed by atoms with Crippen LogP contribution in [0.5, 0.6) is 0 Å². The first kappa shape index (κ1) is 22.0. The molecule has 3 aromatic carbocycles. The summed E-state index contributed by atoms with van der Waals surface area (Å²) in [5.41, 5.74) is 5.98. The molecule has 3 aromatic rings. The van der Waals surface area contributed by atoms with Crippen molar-refractivity contribution in [3.05, 3.63) is 99.1 Å². The van der Waals surface area contributed by atoms with E-state index in [0.29, 0.717) is 5.56 Å². The van der Waals surface area contributed by atoms with Crippen molar-refractivity contribution in [1.82, 2.24) is 5.32 Å². The van der Waals surface area contributed by atoms with Gasteiger partial charge in [0.15, 0.2) is 0 Å². The minimum Gasteiger partial charge on any atom is -0.480 e. The number of benzene rings is 3. The number of aliphatic carboxylic acids is 1. The van der Waals surface area contributed by atoms with Crippen molar-refractivity contribution in [3.8, 4) is 11.1 Å². The Hall–Kier alpha value is -4.20. The lowest BCUT2D eigenvalue weighted by Crippen LogP contribution is -2.42. The van der Waals surface area contributed by atoms with Crippen LogP contribution in [0, 0.1) is 17.0 Å². The molecule has 0 bridgehead atoms. The van der Waals surface area contributed by atoms with Gasteiger partial charge in [0.1, 0.15) is 12.6 Å². The molecule has 33 heavy (non-hydrogen) atoms. The summed E-state index contributed by atoms with van der Waals surface area (Å²) in [6, 6.07) is 18.3. The van der Waals surface area contributed by atoms with E-state index in [1.54, 1.807) is 0 Å². The normalized spacial score (nSPS) is 14.6. The zero-order chi connectivity index (χ0) is 23.5. The molecule has 2 N–H and O–H groups in total. The Morgan fingerprint density at radius 1 is 1.06 bits per heavy atom. The summed E-state index contributed by atoms with van der Waals surface area (Å²) in [6.07, 6.45) is -0.862. The third-order valence-corrected chi connectivity index (χ3v) is 5.84. The van der Waals surface area contributed by atoms with Crippen molar-refractivity contribution in [2.75, 3.05) is 6.61 Å². The van der Waals surface area contributed by atoms with Crippen LogP contribution in [0.2, 0.25) is 0 Å². The van der Waals surface area contributed by atoms with Gasteiger partial charge in [0, 0.05) is 24.5 Å². The molecule has 0 saturated heterocycles. The summed E-state index contributed by atoms with van der Waals surface area (Å²) in [6.45, 7) is 2.12. The molecular formula is C25H22N2O6. The monoisotopic (exact) mass is 446 g/mol.